The van der Waals surface area contributed by atoms with Gasteiger partial charge in [-0.15, -0.1) is 0 Å². The fraction of sp³-hybridized carbons (Fsp3) is 0.625. The molecule has 2 atom stereocenters. The molecule has 1 saturated carbocycles. The Kier molecular flexibility index (Phi) is 4.34. The minimum absolute atomic E-state index is 0.369. The van der Waals surface area contributed by atoms with E-state index >= 15 is 0 Å². The molecule has 1 fully saturated rings. The van der Waals surface area contributed by atoms with Crippen molar-refractivity contribution in [2.45, 2.75) is 39.0 Å². The quantitative estimate of drug-likeness (QED) is 0.811. The molecule has 0 aromatic heterocycles. The first kappa shape index (κ1) is 13.9. The minimum Gasteiger partial charge on any atom is -0.316 e. The van der Waals surface area contributed by atoms with Crippen molar-refractivity contribution in [1.82, 2.24) is 5.32 Å². The molecule has 1 aliphatic carbocycles. The summed E-state index contributed by atoms with van der Waals surface area (Å²) in [5.41, 5.74) is 1.82. The molecule has 1 nitrogen and oxygen atoms in total. The molecular formula is C16H24ClN. The lowest BCUT2D eigenvalue weighted by molar-refractivity contribution is 0.483. The number of rotatable bonds is 6. The van der Waals surface area contributed by atoms with E-state index in [9.17, 15) is 0 Å². The van der Waals surface area contributed by atoms with Crippen molar-refractivity contribution in [3.63, 3.8) is 0 Å². The highest BCUT2D eigenvalue weighted by atomic mass is 35.5. The molecule has 0 bridgehead atoms. The second kappa shape index (κ2) is 5.63. The van der Waals surface area contributed by atoms with E-state index in [0.29, 0.717) is 11.3 Å². The summed E-state index contributed by atoms with van der Waals surface area (Å²) in [6, 6.07) is 8.45. The lowest BCUT2D eigenvalue weighted by atomic mass is 9.92. The van der Waals surface area contributed by atoms with Crippen LogP contribution in [-0.2, 0) is 5.41 Å². The molecule has 1 aromatic rings. The number of hydrogen-bond donors (Lipinski definition) is 1. The molecule has 2 unspecified atom stereocenters. The van der Waals surface area contributed by atoms with Gasteiger partial charge in [0.1, 0.15) is 0 Å². The largest absolute Gasteiger partial charge is 0.316 e. The molecule has 100 valence electrons. The van der Waals surface area contributed by atoms with Crippen LogP contribution in [0.3, 0.4) is 0 Å². The molecule has 2 rings (SSSR count). The fourth-order valence-corrected chi connectivity index (χ4v) is 3.08. The summed E-state index contributed by atoms with van der Waals surface area (Å²) in [7, 11) is 0. The summed E-state index contributed by atoms with van der Waals surface area (Å²) < 4.78 is 0. The molecule has 0 heterocycles. The first-order valence-corrected chi connectivity index (χ1v) is 7.43. The van der Waals surface area contributed by atoms with Crippen molar-refractivity contribution in [2.75, 3.05) is 13.1 Å². The highest BCUT2D eigenvalue weighted by Crippen LogP contribution is 2.55. The number of hydrogen-bond acceptors (Lipinski definition) is 1. The molecule has 0 saturated heterocycles. The predicted molar refractivity (Wildman–Crippen MR) is 79.2 cm³/mol. The van der Waals surface area contributed by atoms with Gasteiger partial charge in [0, 0.05) is 17.0 Å². The average Bonchev–Trinajstić information content (AvgIpc) is 3.04. The van der Waals surface area contributed by atoms with Gasteiger partial charge < -0.3 is 5.32 Å². The zero-order valence-corrected chi connectivity index (χ0v) is 12.4. The van der Waals surface area contributed by atoms with Gasteiger partial charge >= 0.3 is 0 Å². The molecule has 1 N–H and O–H groups in total. The topological polar surface area (TPSA) is 12.0 Å². The second-order valence-corrected chi connectivity index (χ2v) is 6.43. The summed E-state index contributed by atoms with van der Waals surface area (Å²) >= 11 is 5.98. The molecule has 18 heavy (non-hydrogen) atoms. The molecule has 1 aromatic carbocycles. The number of nitrogens with one attached hydrogen (secondary N) is 1. The van der Waals surface area contributed by atoms with Gasteiger partial charge in [0.2, 0.25) is 0 Å². The zero-order chi connectivity index (χ0) is 13.2. The summed E-state index contributed by atoms with van der Waals surface area (Å²) in [5, 5.41) is 4.46. The molecule has 1 aliphatic rings. The van der Waals surface area contributed by atoms with Crippen LogP contribution in [0.15, 0.2) is 24.3 Å². The van der Waals surface area contributed by atoms with E-state index in [4.69, 9.17) is 11.6 Å². The Labute approximate surface area is 116 Å². The Balaban J connectivity index is 2.06. The Hall–Kier alpha value is -0.530. The van der Waals surface area contributed by atoms with Crippen LogP contribution in [0.2, 0.25) is 5.02 Å². The van der Waals surface area contributed by atoms with Crippen molar-refractivity contribution < 1.29 is 0 Å². The van der Waals surface area contributed by atoms with E-state index in [0.717, 1.165) is 24.0 Å². The van der Waals surface area contributed by atoms with E-state index in [2.05, 4.69) is 38.2 Å². The summed E-state index contributed by atoms with van der Waals surface area (Å²) in [5.74, 6) is 1.55. The molecule has 0 aliphatic heterocycles. The Morgan fingerprint density at radius 2 is 2.00 bits per heavy atom. The normalized spacial score (nSPS) is 26.6. The van der Waals surface area contributed by atoms with Crippen molar-refractivity contribution in [3.8, 4) is 0 Å². The van der Waals surface area contributed by atoms with Crippen LogP contribution >= 0.6 is 11.6 Å². The summed E-state index contributed by atoms with van der Waals surface area (Å²) in [4.78, 5) is 0. The smallest absolute Gasteiger partial charge is 0.0406 e. The van der Waals surface area contributed by atoms with Gasteiger partial charge in [-0.2, -0.15) is 0 Å². The van der Waals surface area contributed by atoms with Crippen LogP contribution in [-0.4, -0.2) is 13.1 Å². The van der Waals surface area contributed by atoms with Gasteiger partial charge in [0.15, 0.2) is 0 Å². The van der Waals surface area contributed by atoms with Gasteiger partial charge in [0.25, 0.3) is 0 Å². The lowest BCUT2D eigenvalue weighted by Crippen LogP contribution is -2.31. The van der Waals surface area contributed by atoms with Crippen molar-refractivity contribution >= 4 is 11.6 Å². The fourth-order valence-electron chi connectivity index (χ4n) is 2.95. The van der Waals surface area contributed by atoms with E-state index in [1.165, 1.54) is 18.4 Å². The Morgan fingerprint density at radius 3 is 2.50 bits per heavy atom. The standard InChI is InChI=1S/C16H24ClN/c1-4-13-9-16(13,11-18-10-12(2)3)14-5-7-15(17)8-6-14/h5-8,12-13,18H,4,9-11H2,1-3H3. The Morgan fingerprint density at radius 1 is 1.33 bits per heavy atom. The van der Waals surface area contributed by atoms with Gasteiger partial charge in [-0.3, -0.25) is 0 Å². The molecule has 0 spiro atoms. The minimum atomic E-state index is 0.369. The maximum absolute atomic E-state index is 5.98. The van der Waals surface area contributed by atoms with E-state index in [-0.39, 0.29) is 0 Å². The summed E-state index contributed by atoms with van der Waals surface area (Å²) in [6.07, 6.45) is 2.59. The molecule has 2 heteroatoms. The third-order valence-corrected chi connectivity index (χ3v) is 4.39. The highest BCUT2D eigenvalue weighted by molar-refractivity contribution is 6.30. The van der Waals surface area contributed by atoms with Crippen LogP contribution in [0.5, 0.6) is 0 Å². The molecule has 0 amide bonds. The van der Waals surface area contributed by atoms with Gasteiger partial charge in [-0.1, -0.05) is 50.9 Å². The summed E-state index contributed by atoms with van der Waals surface area (Å²) in [6.45, 7) is 9.01. The third-order valence-electron chi connectivity index (χ3n) is 4.14. The second-order valence-electron chi connectivity index (χ2n) is 6.00. The first-order valence-electron chi connectivity index (χ1n) is 7.05. The highest BCUT2D eigenvalue weighted by Gasteiger charge is 2.53. The van der Waals surface area contributed by atoms with Gasteiger partial charge in [-0.05, 0) is 42.5 Å². The average molecular weight is 266 g/mol. The van der Waals surface area contributed by atoms with Crippen LogP contribution in [0.4, 0.5) is 0 Å². The van der Waals surface area contributed by atoms with Crippen LogP contribution < -0.4 is 5.32 Å². The van der Waals surface area contributed by atoms with Crippen molar-refractivity contribution in [3.05, 3.63) is 34.9 Å². The molecule has 0 radical (unpaired) electrons. The lowest BCUT2D eigenvalue weighted by Gasteiger charge is -2.20. The maximum Gasteiger partial charge on any atom is 0.0406 e. The predicted octanol–water partition coefficient (Wildman–Crippen LogP) is 4.25. The zero-order valence-electron chi connectivity index (χ0n) is 11.7. The Bertz CT molecular complexity index is 385. The third kappa shape index (κ3) is 2.89. The number of halogens is 1. The van der Waals surface area contributed by atoms with Crippen LogP contribution in [0, 0.1) is 11.8 Å². The van der Waals surface area contributed by atoms with Crippen molar-refractivity contribution in [1.29, 1.82) is 0 Å². The van der Waals surface area contributed by atoms with E-state index in [1.807, 2.05) is 12.1 Å². The van der Waals surface area contributed by atoms with Crippen LogP contribution in [0.25, 0.3) is 0 Å². The first-order chi connectivity index (χ1) is 8.58. The SMILES string of the molecule is CCC1CC1(CNCC(C)C)c1ccc(Cl)cc1. The number of benzene rings is 1. The van der Waals surface area contributed by atoms with Crippen LogP contribution in [0.1, 0.15) is 39.2 Å². The van der Waals surface area contributed by atoms with Gasteiger partial charge in [0.05, 0.1) is 0 Å². The van der Waals surface area contributed by atoms with E-state index < -0.39 is 0 Å². The monoisotopic (exact) mass is 265 g/mol. The molecular weight excluding hydrogens is 242 g/mol. The maximum atomic E-state index is 5.98. The van der Waals surface area contributed by atoms with Gasteiger partial charge in [-0.25, -0.2) is 0 Å². The van der Waals surface area contributed by atoms with E-state index in [1.54, 1.807) is 0 Å². The van der Waals surface area contributed by atoms with Crippen molar-refractivity contribution in [2.24, 2.45) is 11.8 Å².